The third-order valence-corrected chi connectivity index (χ3v) is 3.65. The zero-order chi connectivity index (χ0) is 12.8. The minimum Gasteiger partial charge on any atom is -0.391 e. The van der Waals surface area contributed by atoms with E-state index in [0.29, 0.717) is 23.9 Å². The highest BCUT2D eigenvalue weighted by molar-refractivity contribution is 5.99. The van der Waals surface area contributed by atoms with Gasteiger partial charge < -0.3 is 10.6 Å². The van der Waals surface area contributed by atoms with Gasteiger partial charge in [0.05, 0.1) is 6.54 Å². The summed E-state index contributed by atoms with van der Waals surface area (Å²) in [4.78, 5) is 5.48. The highest BCUT2D eigenvalue weighted by atomic mass is 16.6. The number of hydrogen-bond donors (Lipinski definition) is 1. The Morgan fingerprint density at radius 1 is 1.32 bits per heavy atom. The number of rotatable bonds is 3. The van der Waals surface area contributed by atoms with E-state index in [1.807, 2.05) is 12.1 Å². The number of hydrogen-bond acceptors (Lipinski definition) is 6. The normalized spacial score (nSPS) is 22.6. The third kappa shape index (κ3) is 1.77. The van der Waals surface area contributed by atoms with Gasteiger partial charge in [-0.2, -0.15) is 9.61 Å². The van der Waals surface area contributed by atoms with Crippen molar-refractivity contribution in [3.8, 4) is 0 Å². The van der Waals surface area contributed by atoms with Crippen molar-refractivity contribution < 1.29 is 4.84 Å². The highest BCUT2D eigenvalue weighted by Gasteiger charge is 2.37. The van der Waals surface area contributed by atoms with E-state index in [9.17, 15) is 0 Å². The molecule has 0 saturated heterocycles. The van der Waals surface area contributed by atoms with E-state index in [0.717, 1.165) is 17.8 Å². The van der Waals surface area contributed by atoms with Crippen LogP contribution in [-0.2, 0) is 11.4 Å². The van der Waals surface area contributed by atoms with Gasteiger partial charge in [0.2, 0.25) is 0 Å². The fourth-order valence-corrected chi connectivity index (χ4v) is 2.38. The molecule has 2 N–H and O–H groups in total. The number of oxime groups is 1. The predicted molar refractivity (Wildman–Crippen MR) is 67.4 cm³/mol. The van der Waals surface area contributed by atoms with Gasteiger partial charge in [0.15, 0.2) is 11.5 Å². The first-order valence-electron chi connectivity index (χ1n) is 6.49. The summed E-state index contributed by atoms with van der Waals surface area (Å²) in [7, 11) is 0. The average molecular weight is 258 g/mol. The van der Waals surface area contributed by atoms with Crippen molar-refractivity contribution in [2.45, 2.75) is 31.9 Å². The highest BCUT2D eigenvalue weighted by Crippen LogP contribution is 2.38. The molecule has 0 aromatic carbocycles. The van der Waals surface area contributed by atoms with Crippen molar-refractivity contribution >= 4 is 11.4 Å². The van der Waals surface area contributed by atoms with Gasteiger partial charge in [-0.15, -0.1) is 10.2 Å². The van der Waals surface area contributed by atoms with E-state index in [2.05, 4.69) is 20.5 Å². The monoisotopic (exact) mass is 258 g/mol. The van der Waals surface area contributed by atoms with Crippen molar-refractivity contribution in [2.75, 3.05) is 0 Å². The van der Waals surface area contributed by atoms with Crippen LogP contribution in [0.4, 0.5) is 0 Å². The lowest BCUT2D eigenvalue weighted by atomic mass is 10.1. The summed E-state index contributed by atoms with van der Waals surface area (Å²) >= 11 is 0. The molecule has 0 bridgehead atoms. The molecule has 0 spiro atoms. The van der Waals surface area contributed by atoms with Crippen LogP contribution in [0.3, 0.4) is 0 Å². The molecule has 1 fully saturated rings. The third-order valence-electron chi connectivity index (χ3n) is 3.65. The molecule has 2 aliphatic rings. The molecule has 7 nitrogen and oxygen atoms in total. The van der Waals surface area contributed by atoms with Crippen molar-refractivity contribution in [1.82, 2.24) is 19.8 Å². The van der Waals surface area contributed by atoms with E-state index >= 15 is 0 Å². The maximum atomic E-state index is 5.62. The number of nitrogens with zero attached hydrogens (tertiary/aromatic N) is 5. The molecule has 1 atom stereocenters. The molecule has 2 aromatic heterocycles. The summed E-state index contributed by atoms with van der Waals surface area (Å²) in [6.45, 7) is 0.311. The summed E-state index contributed by atoms with van der Waals surface area (Å²) < 4.78 is 1.67. The summed E-state index contributed by atoms with van der Waals surface area (Å²) in [5.41, 5.74) is 8.02. The van der Waals surface area contributed by atoms with Crippen molar-refractivity contribution in [3.05, 3.63) is 23.7 Å². The van der Waals surface area contributed by atoms with Crippen LogP contribution >= 0.6 is 0 Å². The van der Waals surface area contributed by atoms with E-state index < -0.39 is 0 Å². The molecule has 1 saturated carbocycles. The van der Waals surface area contributed by atoms with E-state index in [-0.39, 0.29) is 6.10 Å². The molecule has 98 valence electrons. The van der Waals surface area contributed by atoms with Crippen molar-refractivity contribution in [3.63, 3.8) is 0 Å². The minimum atomic E-state index is 0.238. The van der Waals surface area contributed by atoms with Gasteiger partial charge in [0, 0.05) is 6.42 Å². The van der Waals surface area contributed by atoms with Gasteiger partial charge in [-0.25, -0.2) is 0 Å². The Morgan fingerprint density at radius 3 is 3.00 bits per heavy atom. The first-order valence-corrected chi connectivity index (χ1v) is 6.49. The summed E-state index contributed by atoms with van der Waals surface area (Å²) in [5, 5.41) is 16.7. The maximum Gasteiger partial charge on any atom is 0.177 e. The topological polar surface area (TPSA) is 90.7 Å². The molecule has 3 heterocycles. The summed E-state index contributed by atoms with van der Waals surface area (Å²) in [5.74, 6) is 1.33. The lowest BCUT2D eigenvalue weighted by molar-refractivity contribution is 0.0694. The van der Waals surface area contributed by atoms with Crippen LogP contribution in [0.25, 0.3) is 5.65 Å². The average Bonchev–Trinajstić information content (AvgIpc) is 3.04. The Labute approximate surface area is 109 Å². The zero-order valence-electron chi connectivity index (χ0n) is 10.4. The predicted octanol–water partition coefficient (Wildman–Crippen LogP) is 0.486. The second-order valence-electron chi connectivity index (χ2n) is 5.03. The van der Waals surface area contributed by atoms with Crippen LogP contribution in [0.1, 0.15) is 30.8 Å². The second kappa shape index (κ2) is 3.99. The first kappa shape index (κ1) is 10.9. The minimum absolute atomic E-state index is 0.238. The molecule has 2 aromatic rings. The van der Waals surface area contributed by atoms with Crippen LogP contribution in [0.5, 0.6) is 0 Å². The lowest BCUT2D eigenvalue weighted by Crippen LogP contribution is -2.13. The van der Waals surface area contributed by atoms with E-state index in [1.54, 1.807) is 4.52 Å². The Hall–Kier alpha value is -2.02. The Morgan fingerprint density at radius 2 is 2.21 bits per heavy atom. The number of fused-ring (bicyclic) bond motifs is 1. The molecule has 0 amide bonds. The van der Waals surface area contributed by atoms with Gasteiger partial charge in [-0.05, 0) is 30.9 Å². The molecule has 0 radical (unpaired) electrons. The zero-order valence-corrected chi connectivity index (χ0v) is 10.4. The molecular formula is C12H14N6O. The standard InChI is InChI=1S/C12H14N6O/c13-6-12-15-14-11-4-3-8(16-18(11)12)9-5-10(19-17-9)7-1-2-7/h3-4,7,10H,1-2,5-6,13H2. The van der Waals surface area contributed by atoms with Crippen molar-refractivity contribution in [2.24, 2.45) is 16.8 Å². The van der Waals surface area contributed by atoms with Crippen LogP contribution < -0.4 is 5.73 Å². The molecular weight excluding hydrogens is 244 g/mol. The first-order chi connectivity index (χ1) is 9.35. The van der Waals surface area contributed by atoms with E-state index in [1.165, 1.54) is 12.8 Å². The Bertz CT molecular complexity index is 659. The van der Waals surface area contributed by atoms with Crippen LogP contribution in [0.2, 0.25) is 0 Å². The van der Waals surface area contributed by atoms with Gasteiger partial charge in [0.1, 0.15) is 17.5 Å². The molecule has 1 aliphatic heterocycles. The number of nitrogens with two attached hydrogens (primary N) is 1. The molecule has 4 rings (SSSR count). The fraction of sp³-hybridized carbons (Fsp3) is 0.500. The maximum absolute atomic E-state index is 5.62. The van der Waals surface area contributed by atoms with Gasteiger partial charge in [-0.1, -0.05) is 5.16 Å². The smallest absolute Gasteiger partial charge is 0.177 e. The fourth-order valence-electron chi connectivity index (χ4n) is 2.38. The Kier molecular flexibility index (Phi) is 2.28. The molecule has 1 aliphatic carbocycles. The SMILES string of the molecule is NCc1nnc2ccc(C3=NOC(C4CC4)C3)nn12. The van der Waals surface area contributed by atoms with Crippen LogP contribution in [0, 0.1) is 5.92 Å². The molecule has 19 heavy (non-hydrogen) atoms. The largest absolute Gasteiger partial charge is 0.391 e. The molecule has 1 unspecified atom stereocenters. The summed E-state index contributed by atoms with van der Waals surface area (Å²) in [6, 6.07) is 3.78. The van der Waals surface area contributed by atoms with E-state index in [4.69, 9.17) is 10.6 Å². The van der Waals surface area contributed by atoms with Crippen LogP contribution in [0.15, 0.2) is 17.3 Å². The molecule has 7 heteroatoms. The Balaban J connectivity index is 1.67. The second-order valence-corrected chi connectivity index (χ2v) is 5.03. The number of aromatic nitrogens is 4. The summed E-state index contributed by atoms with van der Waals surface area (Å²) in [6.07, 6.45) is 3.58. The van der Waals surface area contributed by atoms with Gasteiger partial charge in [0.25, 0.3) is 0 Å². The van der Waals surface area contributed by atoms with Gasteiger partial charge in [-0.3, -0.25) is 0 Å². The van der Waals surface area contributed by atoms with Crippen LogP contribution in [-0.4, -0.2) is 31.6 Å². The van der Waals surface area contributed by atoms with Crippen molar-refractivity contribution in [1.29, 1.82) is 0 Å². The lowest BCUT2D eigenvalue weighted by Gasteiger charge is -2.04. The quantitative estimate of drug-likeness (QED) is 0.865. The van der Waals surface area contributed by atoms with Gasteiger partial charge >= 0.3 is 0 Å².